The van der Waals surface area contributed by atoms with Gasteiger partial charge in [0.15, 0.2) is 0 Å². The number of hydrogen-bond acceptors (Lipinski definition) is 4. The zero-order valence-electron chi connectivity index (χ0n) is 16.3. The Hall–Kier alpha value is -1.80. The summed E-state index contributed by atoms with van der Waals surface area (Å²) in [5.41, 5.74) is 0.0537. The smallest absolute Gasteiger partial charge is 0.243 e. The molecule has 156 valence electrons. The van der Waals surface area contributed by atoms with E-state index in [1.54, 1.807) is 0 Å². The number of sulfonamides is 1. The average molecular weight is 420 g/mol. The molecule has 0 amide bonds. The molecule has 2 fully saturated rings. The Morgan fingerprint density at radius 2 is 1.69 bits per heavy atom. The molecule has 2 aromatic carbocycles. The number of halogens is 1. The summed E-state index contributed by atoms with van der Waals surface area (Å²) in [6.07, 6.45) is 0.113. The van der Waals surface area contributed by atoms with E-state index in [-0.39, 0.29) is 4.90 Å². The normalized spacial score (nSPS) is 33.2. The second-order valence-electron chi connectivity index (χ2n) is 8.38. The quantitative estimate of drug-likeness (QED) is 0.801. The van der Waals surface area contributed by atoms with Gasteiger partial charge in [-0.3, -0.25) is 0 Å². The van der Waals surface area contributed by atoms with Crippen molar-refractivity contribution in [1.82, 2.24) is 4.31 Å². The Kier molecular flexibility index (Phi) is 5.27. The molecule has 4 rings (SSSR count). The summed E-state index contributed by atoms with van der Waals surface area (Å²) >= 11 is 0. The predicted molar refractivity (Wildman–Crippen MR) is 107 cm³/mol. The molecule has 1 saturated heterocycles. The first-order valence-electron chi connectivity index (χ1n) is 9.95. The first-order valence-corrected chi connectivity index (χ1v) is 11.4. The van der Waals surface area contributed by atoms with Crippen LogP contribution in [0.5, 0.6) is 0 Å². The van der Waals surface area contributed by atoms with E-state index < -0.39 is 45.5 Å². The van der Waals surface area contributed by atoms with Gasteiger partial charge in [-0.2, -0.15) is 4.31 Å². The molecule has 0 bridgehead atoms. The van der Waals surface area contributed by atoms with E-state index >= 15 is 0 Å². The summed E-state index contributed by atoms with van der Waals surface area (Å²) < 4.78 is 42.3. The van der Waals surface area contributed by atoms with Gasteiger partial charge in [0.2, 0.25) is 10.0 Å². The zero-order valence-corrected chi connectivity index (χ0v) is 17.1. The number of rotatable bonds is 3. The molecule has 1 aliphatic heterocycles. The molecule has 2 N–H and O–H groups in total. The molecule has 7 heteroatoms. The summed E-state index contributed by atoms with van der Waals surface area (Å²) in [4.78, 5) is 0.0309. The van der Waals surface area contributed by atoms with E-state index in [0.29, 0.717) is 25.7 Å². The van der Waals surface area contributed by atoms with E-state index in [2.05, 4.69) is 0 Å². The van der Waals surface area contributed by atoms with Crippen LogP contribution in [0.4, 0.5) is 4.39 Å². The van der Waals surface area contributed by atoms with Crippen LogP contribution >= 0.6 is 0 Å². The minimum atomic E-state index is -3.94. The van der Waals surface area contributed by atoms with Crippen LogP contribution in [0.1, 0.15) is 44.2 Å². The van der Waals surface area contributed by atoms with Gasteiger partial charge in [-0.1, -0.05) is 37.3 Å². The molecule has 1 heterocycles. The van der Waals surface area contributed by atoms with E-state index in [1.807, 2.05) is 37.3 Å². The lowest BCUT2D eigenvalue weighted by Gasteiger charge is -2.37. The van der Waals surface area contributed by atoms with Gasteiger partial charge in [0.1, 0.15) is 5.82 Å². The molecule has 5 nitrogen and oxygen atoms in total. The number of hydrogen-bond donors (Lipinski definition) is 2. The van der Waals surface area contributed by atoms with Crippen molar-refractivity contribution in [3.63, 3.8) is 0 Å². The lowest BCUT2D eigenvalue weighted by atomic mass is 9.74. The standard InChI is InChI=1S/C22H26FNO4S/c1-22-14-18(15-6-3-2-4-7-15)24(20(22)9-5-8-19(25)21(22)26)29(27,28)17-12-10-16(23)11-13-17/h2-4,6-7,10-13,18-21,25-26H,5,8-9,14H2,1H3/t18-,19-,20-,21+,22-/m1/s1. The van der Waals surface area contributed by atoms with Crippen molar-refractivity contribution < 1.29 is 23.0 Å². The Labute approximate surface area is 170 Å². The number of benzene rings is 2. The topological polar surface area (TPSA) is 77.8 Å². The molecule has 1 aliphatic carbocycles. The van der Waals surface area contributed by atoms with E-state index in [4.69, 9.17) is 0 Å². The fraction of sp³-hybridized carbons (Fsp3) is 0.455. The van der Waals surface area contributed by atoms with Crippen LogP contribution in [0.3, 0.4) is 0 Å². The van der Waals surface area contributed by atoms with E-state index in [0.717, 1.165) is 17.7 Å². The monoisotopic (exact) mass is 419 g/mol. The molecule has 0 unspecified atom stereocenters. The number of aliphatic hydroxyl groups is 2. The van der Waals surface area contributed by atoms with E-state index in [1.165, 1.54) is 16.4 Å². The van der Waals surface area contributed by atoms with Crippen LogP contribution in [0, 0.1) is 11.2 Å². The maximum absolute atomic E-state index is 13.7. The van der Waals surface area contributed by atoms with Gasteiger partial charge < -0.3 is 10.2 Å². The highest BCUT2D eigenvalue weighted by atomic mass is 32.2. The van der Waals surface area contributed by atoms with Gasteiger partial charge in [-0.05, 0) is 55.5 Å². The highest BCUT2D eigenvalue weighted by molar-refractivity contribution is 7.89. The van der Waals surface area contributed by atoms with E-state index in [9.17, 15) is 23.0 Å². The summed E-state index contributed by atoms with van der Waals surface area (Å²) in [6.45, 7) is 1.87. The summed E-state index contributed by atoms with van der Waals surface area (Å²) in [5, 5.41) is 21.3. The average Bonchev–Trinajstić information content (AvgIpc) is 2.97. The Bertz CT molecular complexity index is 966. The van der Waals surface area contributed by atoms with Crippen molar-refractivity contribution in [1.29, 1.82) is 0 Å². The Morgan fingerprint density at radius 3 is 2.34 bits per heavy atom. The van der Waals surface area contributed by atoms with Crippen molar-refractivity contribution in [3.05, 3.63) is 66.0 Å². The highest BCUT2D eigenvalue weighted by Crippen LogP contribution is 2.55. The van der Waals surface area contributed by atoms with Crippen molar-refractivity contribution in [2.45, 2.75) is 61.8 Å². The molecule has 0 spiro atoms. The molecule has 5 atom stereocenters. The lowest BCUT2D eigenvalue weighted by Crippen LogP contribution is -2.48. The third-order valence-corrected chi connectivity index (χ3v) is 8.53. The number of nitrogens with zero attached hydrogens (tertiary/aromatic N) is 1. The molecular formula is C22H26FNO4S. The summed E-state index contributed by atoms with van der Waals surface area (Å²) in [7, 11) is -3.94. The zero-order chi connectivity index (χ0) is 20.8. The summed E-state index contributed by atoms with van der Waals surface area (Å²) in [5.74, 6) is -0.497. The van der Waals surface area contributed by atoms with Gasteiger partial charge in [-0.15, -0.1) is 0 Å². The minimum absolute atomic E-state index is 0.0309. The lowest BCUT2D eigenvalue weighted by molar-refractivity contribution is -0.0594. The molecule has 1 saturated carbocycles. The largest absolute Gasteiger partial charge is 0.390 e. The van der Waals surface area contributed by atoms with Crippen molar-refractivity contribution in [2.75, 3.05) is 0 Å². The maximum atomic E-state index is 13.7. The van der Waals surface area contributed by atoms with Gasteiger partial charge in [0.05, 0.1) is 23.1 Å². The van der Waals surface area contributed by atoms with Crippen LogP contribution < -0.4 is 0 Å². The molecule has 2 aromatic rings. The Balaban J connectivity index is 1.86. The molecule has 2 aliphatic rings. The third-order valence-electron chi connectivity index (χ3n) is 6.60. The molecule has 0 radical (unpaired) electrons. The fourth-order valence-electron chi connectivity index (χ4n) is 5.05. The van der Waals surface area contributed by atoms with Crippen molar-refractivity contribution >= 4 is 10.0 Å². The maximum Gasteiger partial charge on any atom is 0.243 e. The van der Waals surface area contributed by atoms with Gasteiger partial charge in [0.25, 0.3) is 0 Å². The second-order valence-corrected chi connectivity index (χ2v) is 10.2. The third kappa shape index (κ3) is 3.40. The SMILES string of the molecule is C[C@@]12C[C@H](c3ccccc3)N(S(=O)(=O)c3ccc(F)cc3)[C@@H]1CCC[C@@H](O)[C@@H]2O. The van der Waals surface area contributed by atoms with Gasteiger partial charge in [0, 0.05) is 11.5 Å². The first kappa shape index (κ1) is 20.5. The van der Waals surface area contributed by atoms with Crippen LogP contribution in [0.15, 0.2) is 59.5 Å². The fourth-order valence-corrected chi connectivity index (χ4v) is 6.98. The number of aliphatic hydroxyl groups excluding tert-OH is 2. The minimum Gasteiger partial charge on any atom is -0.390 e. The molecule has 29 heavy (non-hydrogen) atoms. The molecule has 0 aromatic heterocycles. The second kappa shape index (κ2) is 7.47. The van der Waals surface area contributed by atoms with Crippen LogP contribution in [-0.4, -0.2) is 41.2 Å². The first-order chi connectivity index (χ1) is 13.7. The Morgan fingerprint density at radius 1 is 1.03 bits per heavy atom. The van der Waals surface area contributed by atoms with Gasteiger partial charge >= 0.3 is 0 Å². The number of fused-ring (bicyclic) bond motifs is 1. The van der Waals surface area contributed by atoms with Crippen LogP contribution in [-0.2, 0) is 10.0 Å². The highest BCUT2D eigenvalue weighted by Gasteiger charge is 2.59. The van der Waals surface area contributed by atoms with Crippen LogP contribution in [0.25, 0.3) is 0 Å². The van der Waals surface area contributed by atoms with Crippen molar-refractivity contribution in [2.24, 2.45) is 5.41 Å². The summed E-state index contributed by atoms with van der Waals surface area (Å²) in [6, 6.07) is 13.3. The van der Waals surface area contributed by atoms with Gasteiger partial charge in [-0.25, -0.2) is 12.8 Å². The molecular weight excluding hydrogens is 393 g/mol. The van der Waals surface area contributed by atoms with Crippen LogP contribution in [0.2, 0.25) is 0 Å². The van der Waals surface area contributed by atoms with Crippen molar-refractivity contribution in [3.8, 4) is 0 Å². The predicted octanol–water partition coefficient (Wildman–Crippen LogP) is 3.24.